The molecule has 0 unspecified atom stereocenters. The smallest absolute Gasteiger partial charge is 0.196 e. The van der Waals surface area contributed by atoms with Gasteiger partial charge in [0.2, 0.25) is 0 Å². The Morgan fingerprint density at radius 1 is 1.00 bits per heavy atom. The average molecular weight is 435 g/mol. The first-order valence-corrected chi connectivity index (χ1v) is 10.7. The number of hydrogen-bond donors (Lipinski definition) is 0. The maximum absolute atomic E-state index is 12.9. The number of pyridine rings is 1. The molecule has 2 aromatic carbocycles. The summed E-state index contributed by atoms with van der Waals surface area (Å²) in [4.78, 5) is 16.9. The highest BCUT2D eigenvalue weighted by Crippen LogP contribution is 2.29. The van der Waals surface area contributed by atoms with Crippen LogP contribution in [0.5, 0.6) is 0 Å². The minimum Gasteiger partial charge on any atom is -0.293 e. The number of aryl methyl sites for hydroxylation is 2. The summed E-state index contributed by atoms with van der Waals surface area (Å²) in [5, 5.41) is 10.0. The lowest BCUT2D eigenvalue weighted by Crippen LogP contribution is -2.07. The van der Waals surface area contributed by atoms with E-state index in [2.05, 4.69) is 15.2 Å². The second-order valence-corrected chi connectivity index (χ2v) is 8.26. The summed E-state index contributed by atoms with van der Waals surface area (Å²) in [6.07, 6.45) is 3.43. The number of nitrogens with zero attached hydrogens (tertiary/aromatic N) is 4. The molecule has 0 atom stereocenters. The molecule has 0 bridgehead atoms. The fraction of sp³-hybridized carbons (Fsp3) is 0.130. The summed E-state index contributed by atoms with van der Waals surface area (Å²) < 4.78 is 1.94. The number of Topliss-reactive ketones (excluding diaryl/α,β-unsaturated/α-hetero) is 1. The van der Waals surface area contributed by atoms with E-state index in [4.69, 9.17) is 11.6 Å². The molecule has 0 saturated carbocycles. The van der Waals surface area contributed by atoms with Crippen LogP contribution in [0.3, 0.4) is 0 Å². The monoisotopic (exact) mass is 434 g/mol. The summed E-state index contributed by atoms with van der Waals surface area (Å²) in [6.45, 7) is 3.94. The summed E-state index contributed by atoms with van der Waals surface area (Å²) in [5.41, 5.74) is 4.55. The standard InChI is InChI=1S/C23H19ClN4OS/c1-15-3-4-16(2)20(13-15)21(29)14-30-23-27-26-22(17-9-11-25-12-10-17)28(23)19-7-5-18(24)6-8-19/h3-13H,14H2,1-2H3. The lowest BCUT2D eigenvalue weighted by molar-refractivity contribution is 0.102. The van der Waals surface area contributed by atoms with Crippen molar-refractivity contribution in [3.8, 4) is 17.1 Å². The first-order valence-electron chi connectivity index (χ1n) is 9.38. The number of hydrogen-bond acceptors (Lipinski definition) is 5. The molecule has 0 amide bonds. The lowest BCUT2D eigenvalue weighted by Gasteiger charge is -2.11. The van der Waals surface area contributed by atoms with Crippen molar-refractivity contribution in [3.05, 3.63) is 88.7 Å². The van der Waals surface area contributed by atoms with E-state index in [1.54, 1.807) is 12.4 Å². The molecule has 7 heteroatoms. The second kappa shape index (κ2) is 8.81. The van der Waals surface area contributed by atoms with Gasteiger partial charge in [0.1, 0.15) is 0 Å². The van der Waals surface area contributed by atoms with Gasteiger partial charge in [-0.2, -0.15) is 0 Å². The molecule has 0 spiro atoms. The predicted molar refractivity (Wildman–Crippen MR) is 121 cm³/mol. The highest BCUT2D eigenvalue weighted by Gasteiger charge is 2.18. The summed E-state index contributed by atoms with van der Waals surface area (Å²) in [7, 11) is 0. The average Bonchev–Trinajstić information content (AvgIpc) is 3.19. The lowest BCUT2D eigenvalue weighted by atomic mass is 10.0. The van der Waals surface area contributed by atoms with Crippen molar-refractivity contribution in [3.63, 3.8) is 0 Å². The van der Waals surface area contributed by atoms with Crippen molar-refractivity contribution in [2.45, 2.75) is 19.0 Å². The molecule has 0 aliphatic heterocycles. The Balaban J connectivity index is 1.68. The maximum atomic E-state index is 12.9. The fourth-order valence-electron chi connectivity index (χ4n) is 3.12. The number of aromatic nitrogens is 4. The van der Waals surface area contributed by atoms with Crippen LogP contribution in [0.2, 0.25) is 5.02 Å². The molecule has 0 saturated heterocycles. The van der Waals surface area contributed by atoms with Crippen LogP contribution in [0.4, 0.5) is 0 Å². The Morgan fingerprint density at radius 2 is 1.73 bits per heavy atom. The molecular formula is C23H19ClN4OS. The molecular weight excluding hydrogens is 416 g/mol. The largest absolute Gasteiger partial charge is 0.293 e. The van der Waals surface area contributed by atoms with Gasteiger partial charge in [0.25, 0.3) is 0 Å². The third-order valence-corrected chi connectivity index (χ3v) is 5.86. The number of rotatable bonds is 6. The molecule has 0 aliphatic carbocycles. The molecule has 5 nitrogen and oxygen atoms in total. The topological polar surface area (TPSA) is 60.7 Å². The molecule has 0 radical (unpaired) electrons. The zero-order valence-corrected chi connectivity index (χ0v) is 18.1. The van der Waals surface area contributed by atoms with Gasteiger partial charge in [0.05, 0.1) is 5.75 Å². The third-order valence-electron chi connectivity index (χ3n) is 4.68. The van der Waals surface area contributed by atoms with E-state index in [1.165, 1.54) is 11.8 Å². The van der Waals surface area contributed by atoms with E-state index in [1.807, 2.05) is 73.0 Å². The van der Waals surface area contributed by atoms with Crippen molar-refractivity contribution in [1.29, 1.82) is 0 Å². The molecule has 4 rings (SSSR count). The summed E-state index contributed by atoms with van der Waals surface area (Å²) in [6, 6.07) is 17.1. The molecule has 0 N–H and O–H groups in total. The van der Waals surface area contributed by atoms with Crippen molar-refractivity contribution >= 4 is 29.1 Å². The number of halogens is 1. The third kappa shape index (κ3) is 4.30. The van der Waals surface area contributed by atoms with Gasteiger partial charge < -0.3 is 0 Å². The fourth-order valence-corrected chi connectivity index (χ4v) is 4.08. The van der Waals surface area contributed by atoms with Gasteiger partial charge in [0, 0.05) is 34.2 Å². The zero-order valence-electron chi connectivity index (χ0n) is 16.5. The van der Waals surface area contributed by atoms with Gasteiger partial charge in [-0.3, -0.25) is 14.3 Å². The predicted octanol–water partition coefficient (Wildman–Crippen LogP) is 5.57. The molecule has 4 aromatic rings. The molecule has 30 heavy (non-hydrogen) atoms. The Kier molecular flexibility index (Phi) is 5.97. The number of thioether (sulfide) groups is 1. The highest BCUT2D eigenvalue weighted by molar-refractivity contribution is 7.99. The Labute approximate surface area is 184 Å². The normalized spacial score (nSPS) is 10.9. The van der Waals surface area contributed by atoms with Gasteiger partial charge in [-0.15, -0.1) is 10.2 Å². The van der Waals surface area contributed by atoms with Crippen LogP contribution in [-0.2, 0) is 0 Å². The maximum Gasteiger partial charge on any atom is 0.196 e. The van der Waals surface area contributed by atoms with Crippen LogP contribution in [-0.4, -0.2) is 31.3 Å². The van der Waals surface area contributed by atoms with Crippen molar-refractivity contribution in [2.75, 3.05) is 5.75 Å². The SMILES string of the molecule is Cc1ccc(C)c(C(=O)CSc2nnc(-c3ccncc3)n2-c2ccc(Cl)cc2)c1. The van der Waals surface area contributed by atoms with Crippen molar-refractivity contribution in [2.24, 2.45) is 0 Å². The number of carbonyl (C=O) groups excluding carboxylic acids is 1. The highest BCUT2D eigenvalue weighted by atomic mass is 35.5. The molecule has 0 fully saturated rings. The van der Waals surface area contributed by atoms with Crippen LogP contribution in [0, 0.1) is 13.8 Å². The van der Waals surface area contributed by atoms with Crippen molar-refractivity contribution in [1.82, 2.24) is 19.7 Å². The van der Waals surface area contributed by atoms with Crippen LogP contribution in [0.25, 0.3) is 17.1 Å². The van der Waals surface area contributed by atoms with E-state index in [0.29, 0.717) is 16.0 Å². The van der Waals surface area contributed by atoms with E-state index < -0.39 is 0 Å². The summed E-state index contributed by atoms with van der Waals surface area (Å²) in [5.74, 6) is 1.02. The number of carbonyl (C=O) groups is 1. The zero-order chi connectivity index (χ0) is 21.1. The summed E-state index contributed by atoms with van der Waals surface area (Å²) >= 11 is 7.44. The quantitative estimate of drug-likeness (QED) is 0.293. The minimum atomic E-state index is 0.0670. The van der Waals surface area contributed by atoms with Crippen LogP contribution < -0.4 is 0 Å². The van der Waals surface area contributed by atoms with E-state index in [-0.39, 0.29) is 11.5 Å². The molecule has 0 aliphatic rings. The van der Waals surface area contributed by atoms with Gasteiger partial charge in [-0.1, -0.05) is 41.1 Å². The minimum absolute atomic E-state index is 0.0670. The molecule has 2 aromatic heterocycles. The van der Waals surface area contributed by atoms with Gasteiger partial charge in [0.15, 0.2) is 16.8 Å². The van der Waals surface area contributed by atoms with Gasteiger partial charge >= 0.3 is 0 Å². The Hall–Kier alpha value is -2.96. The van der Waals surface area contributed by atoms with Gasteiger partial charge in [-0.05, 0) is 61.9 Å². The number of benzene rings is 2. The van der Waals surface area contributed by atoms with Crippen molar-refractivity contribution < 1.29 is 4.79 Å². The van der Waals surface area contributed by atoms with E-state index in [0.717, 1.165) is 27.9 Å². The van der Waals surface area contributed by atoms with Crippen LogP contribution >= 0.6 is 23.4 Å². The van der Waals surface area contributed by atoms with Crippen LogP contribution in [0.15, 0.2) is 72.1 Å². The van der Waals surface area contributed by atoms with Crippen LogP contribution in [0.1, 0.15) is 21.5 Å². The molecule has 2 heterocycles. The van der Waals surface area contributed by atoms with E-state index >= 15 is 0 Å². The first-order chi connectivity index (χ1) is 14.5. The Morgan fingerprint density at radius 3 is 2.47 bits per heavy atom. The van der Waals surface area contributed by atoms with E-state index in [9.17, 15) is 4.79 Å². The van der Waals surface area contributed by atoms with Gasteiger partial charge in [-0.25, -0.2) is 0 Å². The molecule has 150 valence electrons. The first kappa shape index (κ1) is 20.3. The Bertz CT molecular complexity index is 1190. The number of ketones is 1. The second-order valence-electron chi connectivity index (χ2n) is 6.88.